The van der Waals surface area contributed by atoms with E-state index in [-0.39, 0.29) is 5.43 Å². The molecule has 0 atom stereocenters. The van der Waals surface area contributed by atoms with Crippen molar-refractivity contribution in [2.24, 2.45) is 0 Å². The van der Waals surface area contributed by atoms with Crippen LogP contribution in [0.1, 0.15) is 32.1 Å². The van der Waals surface area contributed by atoms with Crippen molar-refractivity contribution in [1.82, 2.24) is 9.88 Å². The van der Waals surface area contributed by atoms with E-state index >= 15 is 0 Å². The van der Waals surface area contributed by atoms with Gasteiger partial charge in [0, 0.05) is 37.1 Å². The molecule has 1 aromatic rings. The molecule has 1 heterocycles. The average molecular weight is 220 g/mol. The van der Waals surface area contributed by atoms with Gasteiger partial charge in [-0.1, -0.05) is 12.8 Å². The smallest absolute Gasteiger partial charge is 0.181 e. The lowest BCUT2D eigenvalue weighted by molar-refractivity contribution is 0.495. The molecule has 0 unspecified atom stereocenters. The highest BCUT2D eigenvalue weighted by Gasteiger charge is 2.12. The van der Waals surface area contributed by atoms with Crippen molar-refractivity contribution in [2.75, 3.05) is 6.54 Å². The van der Waals surface area contributed by atoms with E-state index in [1.165, 1.54) is 25.7 Å². The molecular formula is C13H20N2O. The fourth-order valence-electron chi connectivity index (χ4n) is 2.29. The lowest BCUT2D eigenvalue weighted by atomic mass is 10.2. The van der Waals surface area contributed by atoms with E-state index in [0.29, 0.717) is 0 Å². The Bertz CT molecular complexity index is 346. The van der Waals surface area contributed by atoms with Crippen LogP contribution < -0.4 is 10.7 Å². The Kier molecular flexibility index (Phi) is 4.17. The fraction of sp³-hybridized carbons (Fsp3) is 0.615. The molecule has 0 bridgehead atoms. The molecule has 1 saturated carbocycles. The monoisotopic (exact) mass is 220 g/mol. The third kappa shape index (κ3) is 3.49. The maximum absolute atomic E-state index is 10.9. The third-order valence-corrected chi connectivity index (χ3v) is 3.24. The number of nitrogens with zero attached hydrogens (tertiary/aromatic N) is 1. The summed E-state index contributed by atoms with van der Waals surface area (Å²) in [5.41, 5.74) is 0.0836. The van der Waals surface area contributed by atoms with Crippen LogP contribution >= 0.6 is 0 Å². The van der Waals surface area contributed by atoms with Crippen LogP contribution in [0.4, 0.5) is 0 Å². The minimum atomic E-state index is 0.0836. The Hall–Kier alpha value is -1.09. The van der Waals surface area contributed by atoms with Crippen molar-refractivity contribution in [3.63, 3.8) is 0 Å². The van der Waals surface area contributed by atoms with Gasteiger partial charge in [0.15, 0.2) is 5.43 Å². The standard InChI is InChI=1S/C13H20N2O/c16-13-6-10-15(11-7-13)9-3-8-14-12-4-1-2-5-12/h6-7,10-12,14H,1-5,8-9H2. The van der Waals surface area contributed by atoms with Gasteiger partial charge in [0.2, 0.25) is 0 Å². The Labute approximate surface area is 96.5 Å². The molecule has 0 aliphatic heterocycles. The molecule has 1 aliphatic carbocycles. The zero-order valence-corrected chi connectivity index (χ0v) is 9.69. The highest BCUT2D eigenvalue weighted by Crippen LogP contribution is 2.17. The first kappa shape index (κ1) is 11.4. The predicted octanol–water partition coefficient (Wildman–Crippen LogP) is 1.77. The molecule has 1 N–H and O–H groups in total. The van der Waals surface area contributed by atoms with E-state index in [0.717, 1.165) is 25.6 Å². The summed E-state index contributed by atoms with van der Waals surface area (Å²) in [5, 5.41) is 3.59. The molecule has 0 saturated heterocycles. The Balaban J connectivity index is 1.64. The van der Waals surface area contributed by atoms with Crippen molar-refractivity contribution in [1.29, 1.82) is 0 Å². The second-order valence-electron chi connectivity index (χ2n) is 4.56. The second kappa shape index (κ2) is 5.85. The van der Waals surface area contributed by atoms with Gasteiger partial charge in [-0.05, 0) is 25.8 Å². The molecule has 3 nitrogen and oxygen atoms in total. The van der Waals surface area contributed by atoms with E-state index < -0.39 is 0 Å². The van der Waals surface area contributed by atoms with Crippen LogP contribution in [0.3, 0.4) is 0 Å². The summed E-state index contributed by atoms with van der Waals surface area (Å²) in [7, 11) is 0. The second-order valence-corrected chi connectivity index (χ2v) is 4.56. The van der Waals surface area contributed by atoms with Gasteiger partial charge < -0.3 is 9.88 Å². The largest absolute Gasteiger partial charge is 0.354 e. The summed E-state index contributed by atoms with van der Waals surface area (Å²) in [6.07, 6.45) is 10.3. The molecule has 1 fully saturated rings. The van der Waals surface area contributed by atoms with Gasteiger partial charge in [-0.3, -0.25) is 4.79 Å². The Morgan fingerprint density at radius 1 is 1.25 bits per heavy atom. The zero-order chi connectivity index (χ0) is 11.2. The molecule has 0 aromatic carbocycles. The maximum Gasteiger partial charge on any atom is 0.181 e. The molecule has 1 aromatic heterocycles. The summed E-state index contributed by atoms with van der Waals surface area (Å²) in [6.45, 7) is 2.07. The zero-order valence-electron chi connectivity index (χ0n) is 9.69. The maximum atomic E-state index is 10.9. The number of nitrogens with one attached hydrogen (secondary N) is 1. The number of pyridine rings is 1. The first-order valence-corrected chi connectivity index (χ1v) is 6.24. The Morgan fingerprint density at radius 3 is 2.62 bits per heavy atom. The van der Waals surface area contributed by atoms with E-state index in [1.54, 1.807) is 12.1 Å². The Morgan fingerprint density at radius 2 is 1.94 bits per heavy atom. The number of aromatic nitrogens is 1. The van der Waals surface area contributed by atoms with Crippen LogP contribution in [0.15, 0.2) is 29.3 Å². The van der Waals surface area contributed by atoms with E-state index in [9.17, 15) is 4.79 Å². The molecule has 88 valence electrons. The van der Waals surface area contributed by atoms with Crippen molar-refractivity contribution in [2.45, 2.75) is 44.7 Å². The molecule has 1 aliphatic rings. The van der Waals surface area contributed by atoms with Gasteiger partial charge in [-0.15, -0.1) is 0 Å². The SMILES string of the molecule is O=c1ccn(CCCNC2CCCC2)cc1. The number of hydrogen-bond acceptors (Lipinski definition) is 2. The number of aryl methyl sites for hydroxylation is 1. The molecular weight excluding hydrogens is 200 g/mol. The average Bonchev–Trinajstić information content (AvgIpc) is 2.80. The normalized spacial score (nSPS) is 16.8. The van der Waals surface area contributed by atoms with Crippen molar-refractivity contribution in [3.05, 3.63) is 34.7 Å². The van der Waals surface area contributed by atoms with Crippen LogP contribution in [0.2, 0.25) is 0 Å². The summed E-state index contributed by atoms with van der Waals surface area (Å²) >= 11 is 0. The molecule has 0 amide bonds. The minimum absolute atomic E-state index is 0.0836. The third-order valence-electron chi connectivity index (χ3n) is 3.24. The highest BCUT2D eigenvalue weighted by atomic mass is 16.1. The highest BCUT2D eigenvalue weighted by molar-refractivity contribution is 4.93. The predicted molar refractivity (Wildman–Crippen MR) is 65.6 cm³/mol. The van der Waals surface area contributed by atoms with Crippen LogP contribution in [0, 0.1) is 0 Å². The van der Waals surface area contributed by atoms with Gasteiger partial charge in [0.25, 0.3) is 0 Å². The molecule has 0 radical (unpaired) electrons. The minimum Gasteiger partial charge on any atom is -0.354 e. The van der Waals surface area contributed by atoms with Gasteiger partial charge in [0.1, 0.15) is 0 Å². The molecule has 3 heteroatoms. The van der Waals surface area contributed by atoms with Crippen molar-refractivity contribution >= 4 is 0 Å². The van der Waals surface area contributed by atoms with Crippen molar-refractivity contribution < 1.29 is 0 Å². The van der Waals surface area contributed by atoms with E-state index in [2.05, 4.69) is 9.88 Å². The summed E-state index contributed by atoms with van der Waals surface area (Å²) in [5.74, 6) is 0. The fourth-order valence-corrected chi connectivity index (χ4v) is 2.29. The van der Waals surface area contributed by atoms with Gasteiger partial charge in [0.05, 0.1) is 0 Å². The topological polar surface area (TPSA) is 34.0 Å². The van der Waals surface area contributed by atoms with Crippen LogP contribution in [-0.4, -0.2) is 17.2 Å². The van der Waals surface area contributed by atoms with Gasteiger partial charge >= 0.3 is 0 Å². The summed E-state index contributed by atoms with van der Waals surface area (Å²) in [4.78, 5) is 10.9. The van der Waals surface area contributed by atoms with Gasteiger partial charge in [-0.25, -0.2) is 0 Å². The van der Waals surface area contributed by atoms with Crippen molar-refractivity contribution in [3.8, 4) is 0 Å². The van der Waals surface area contributed by atoms with Crippen LogP contribution in [0.5, 0.6) is 0 Å². The summed E-state index contributed by atoms with van der Waals surface area (Å²) in [6, 6.07) is 3.99. The molecule has 2 rings (SSSR count). The first-order valence-electron chi connectivity index (χ1n) is 6.24. The molecule has 0 spiro atoms. The first-order chi connectivity index (χ1) is 7.84. The molecule has 16 heavy (non-hydrogen) atoms. The van der Waals surface area contributed by atoms with Crippen LogP contribution in [0.25, 0.3) is 0 Å². The quantitative estimate of drug-likeness (QED) is 0.767. The lowest BCUT2D eigenvalue weighted by Crippen LogP contribution is -2.27. The summed E-state index contributed by atoms with van der Waals surface area (Å²) < 4.78 is 2.07. The van der Waals surface area contributed by atoms with E-state index in [1.807, 2.05) is 12.4 Å². The van der Waals surface area contributed by atoms with Gasteiger partial charge in [-0.2, -0.15) is 0 Å². The number of rotatable bonds is 5. The van der Waals surface area contributed by atoms with E-state index in [4.69, 9.17) is 0 Å². The lowest BCUT2D eigenvalue weighted by Gasteiger charge is -2.12. The van der Waals surface area contributed by atoms with Crippen LogP contribution in [-0.2, 0) is 6.54 Å². The number of hydrogen-bond donors (Lipinski definition) is 1.